The smallest absolute Gasteiger partial charge is 0.229 e. The van der Waals surface area contributed by atoms with E-state index in [4.69, 9.17) is 0 Å². The first-order valence-corrected chi connectivity index (χ1v) is 8.12. The van der Waals surface area contributed by atoms with Crippen molar-refractivity contribution in [2.45, 2.75) is 46.1 Å². The molecular weight excluding hydrogens is 282 g/mol. The molecule has 112 valence electrons. The summed E-state index contributed by atoms with van der Waals surface area (Å²) < 4.78 is 4.19. The molecule has 1 heterocycles. The van der Waals surface area contributed by atoms with Crippen molar-refractivity contribution >= 4 is 22.6 Å². The number of aryl methyl sites for hydroxylation is 1. The summed E-state index contributed by atoms with van der Waals surface area (Å²) in [6, 6.07) is 10.0. The van der Waals surface area contributed by atoms with Gasteiger partial charge >= 0.3 is 0 Å². The molecule has 0 aliphatic rings. The average molecular weight is 303 g/mol. The predicted octanol–water partition coefficient (Wildman–Crippen LogP) is 3.96. The second kappa shape index (κ2) is 7.88. The van der Waals surface area contributed by atoms with Crippen LogP contribution in [0.3, 0.4) is 0 Å². The third-order valence-electron chi connectivity index (χ3n) is 3.23. The quantitative estimate of drug-likeness (QED) is 0.727. The Labute approximate surface area is 130 Å². The van der Waals surface area contributed by atoms with Gasteiger partial charge in [0.05, 0.1) is 6.54 Å². The van der Waals surface area contributed by atoms with Crippen molar-refractivity contribution < 1.29 is 4.79 Å². The second-order valence-electron chi connectivity index (χ2n) is 5.05. The first-order chi connectivity index (χ1) is 10.2. The van der Waals surface area contributed by atoms with Gasteiger partial charge in [0.25, 0.3) is 0 Å². The molecule has 5 heteroatoms. The van der Waals surface area contributed by atoms with E-state index < -0.39 is 0 Å². The Hall–Kier alpha value is -1.75. The number of amides is 1. The van der Waals surface area contributed by atoms with E-state index in [-0.39, 0.29) is 5.91 Å². The van der Waals surface area contributed by atoms with Gasteiger partial charge < -0.3 is 0 Å². The topological polar surface area (TPSA) is 46.1 Å². The number of aromatic nitrogens is 2. The van der Waals surface area contributed by atoms with Crippen LogP contribution in [0.2, 0.25) is 0 Å². The Morgan fingerprint density at radius 2 is 2.00 bits per heavy atom. The fraction of sp³-hybridized carbons (Fsp3) is 0.438. The zero-order valence-corrected chi connectivity index (χ0v) is 13.4. The normalized spacial score (nSPS) is 10.6. The highest BCUT2D eigenvalue weighted by Crippen LogP contribution is 2.21. The average Bonchev–Trinajstić information content (AvgIpc) is 2.92. The van der Waals surface area contributed by atoms with Crippen LogP contribution in [0, 0.1) is 6.92 Å². The van der Waals surface area contributed by atoms with Gasteiger partial charge in [-0.2, -0.15) is 4.37 Å². The standard InChI is InChI=1S/C16H21N3OS/c1-3-4-6-11-15(20)19(16-17-13(2)18-21-16)12-14-9-7-5-8-10-14/h5,7-10H,3-4,6,11-12H2,1-2H3. The van der Waals surface area contributed by atoms with Crippen molar-refractivity contribution in [1.29, 1.82) is 0 Å². The molecule has 0 radical (unpaired) electrons. The molecule has 0 saturated carbocycles. The summed E-state index contributed by atoms with van der Waals surface area (Å²) in [5.74, 6) is 0.845. The predicted molar refractivity (Wildman–Crippen MR) is 86.4 cm³/mol. The maximum Gasteiger partial charge on any atom is 0.229 e. The summed E-state index contributed by atoms with van der Waals surface area (Å²) in [5, 5.41) is 0.692. The molecule has 0 saturated heterocycles. The van der Waals surface area contributed by atoms with Crippen LogP contribution in [0.25, 0.3) is 0 Å². The second-order valence-corrected chi connectivity index (χ2v) is 5.78. The van der Waals surface area contributed by atoms with Crippen LogP contribution in [-0.2, 0) is 11.3 Å². The van der Waals surface area contributed by atoms with Gasteiger partial charge in [0.15, 0.2) is 0 Å². The number of unbranched alkanes of at least 4 members (excludes halogenated alkanes) is 2. The van der Waals surface area contributed by atoms with Gasteiger partial charge in [-0.15, -0.1) is 0 Å². The summed E-state index contributed by atoms with van der Waals surface area (Å²) in [7, 11) is 0. The molecule has 21 heavy (non-hydrogen) atoms. The highest BCUT2D eigenvalue weighted by Gasteiger charge is 2.19. The molecule has 4 nitrogen and oxygen atoms in total. The Kier molecular flexibility index (Phi) is 5.87. The molecule has 0 spiro atoms. The minimum absolute atomic E-state index is 0.128. The Morgan fingerprint density at radius 3 is 2.62 bits per heavy atom. The maximum atomic E-state index is 12.5. The minimum Gasteiger partial charge on any atom is -0.282 e. The van der Waals surface area contributed by atoms with Crippen LogP contribution in [0.4, 0.5) is 5.13 Å². The van der Waals surface area contributed by atoms with Gasteiger partial charge in [0.2, 0.25) is 11.0 Å². The lowest BCUT2D eigenvalue weighted by Crippen LogP contribution is -2.30. The summed E-state index contributed by atoms with van der Waals surface area (Å²) in [6.45, 7) is 4.54. The van der Waals surface area contributed by atoms with Gasteiger partial charge in [-0.3, -0.25) is 9.69 Å². The number of nitrogens with zero attached hydrogens (tertiary/aromatic N) is 3. The van der Waals surface area contributed by atoms with E-state index >= 15 is 0 Å². The van der Waals surface area contributed by atoms with Gasteiger partial charge in [-0.05, 0) is 18.9 Å². The molecule has 0 N–H and O–H groups in total. The molecule has 2 rings (SSSR count). The number of hydrogen-bond donors (Lipinski definition) is 0. The molecule has 0 aliphatic heterocycles. The van der Waals surface area contributed by atoms with Gasteiger partial charge in [0, 0.05) is 18.0 Å². The number of rotatable bonds is 7. The molecule has 1 aromatic carbocycles. The number of hydrogen-bond acceptors (Lipinski definition) is 4. The highest BCUT2D eigenvalue weighted by molar-refractivity contribution is 7.09. The highest BCUT2D eigenvalue weighted by atomic mass is 32.1. The van der Waals surface area contributed by atoms with E-state index in [2.05, 4.69) is 16.3 Å². The Bertz CT molecular complexity index is 568. The lowest BCUT2D eigenvalue weighted by Gasteiger charge is -2.19. The fourth-order valence-corrected chi connectivity index (χ4v) is 2.78. The number of anilines is 1. The lowest BCUT2D eigenvalue weighted by atomic mass is 10.1. The van der Waals surface area contributed by atoms with Gasteiger partial charge in [-0.1, -0.05) is 50.1 Å². The van der Waals surface area contributed by atoms with Crippen LogP contribution < -0.4 is 4.90 Å². The monoisotopic (exact) mass is 303 g/mol. The van der Waals surface area contributed by atoms with E-state index in [0.29, 0.717) is 18.1 Å². The Morgan fingerprint density at radius 1 is 1.24 bits per heavy atom. The number of carbonyl (C=O) groups is 1. The summed E-state index contributed by atoms with van der Waals surface area (Å²) in [5.41, 5.74) is 1.11. The van der Waals surface area contributed by atoms with Crippen LogP contribution >= 0.6 is 11.5 Å². The molecule has 0 bridgehead atoms. The van der Waals surface area contributed by atoms with Crippen LogP contribution in [0.15, 0.2) is 30.3 Å². The van der Waals surface area contributed by atoms with E-state index in [9.17, 15) is 4.79 Å². The zero-order valence-electron chi connectivity index (χ0n) is 12.6. The fourth-order valence-electron chi connectivity index (χ4n) is 2.09. The van der Waals surface area contributed by atoms with Crippen LogP contribution in [-0.4, -0.2) is 15.3 Å². The molecule has 0 aliphatic carbocycles. The van der Waals surface area contributed by atoms with E-state index in [1.807, 2.05) is 37.3 Å². The van der Waals surface area contributed by atoms with Crippen LogP contribution in [0.5, 0.6) is 0 Å². The Balaban J connectivity index is 2.12. The SMILES string of the molecule is CCCCCC(=O)N(Cc1ccccc1)c1nc(C)ns1. The van der Waals surface area contributed by atoms with Crippen molar-refractivity contribution in [1.82, 2.24) is 9.36 Å². The largest absolute Gasteiger partial charge is 0.282 e. The molecule has 0 unspecified atom stereocenters. The van der Waals surface area contributed by atoms with E-state index in [1.54, 1.807) is 4.90 Å². The third-order valence-corrected chi connectivity index (χ3v) is 4.06. The van der Waals surface area contributed by atoms with Crippen molar-refractivity contribution in [3.05, 3.63) is 41.7 Å². The first kappa shape index (κ1) is 15.6. The van der Waals surface area contributed by atoms with Crippen molar-refractivity contribution in [3.63, 3.8) is 0 Å². The maximum absolute atomic E-state index is 12.5. The molecular formula is C16H21N3OS. The number of carbonyl (C=O) groups excluding carboxylic acids is 1. The van der Waals surface area contributed by atoms with Crippen molar-refractivity contribution in [2.24, 2.45) is 0 Å². The molecule has 1 amide bonds. The first-order valence-electron chi connectivity index (χ1n) is 7.35. The van der Waals surface area contributed by atoms with Gasteiger partial charge in [0.1, 0.15) is 5.82 Å². The minimum atomic E-state index is 0.128. The van der Waals surface area contributed by atoms with Crippen LogP contribution in [0.1, 0.15) is 44.0 Å². The van der Waals surface area contributed by atoms with Crippen molar-refractivity contribution in [2.75, 3.05) is 4.90 Å². The zero-order chi connectivity index (χ0) is 15.1. The third kappa shape index (κ3) is 4.63. The summed E-state index contributed by atoms with van der Waals surface area (Å²) in [4.78, 5) is 18.6. The van der Waals surface area contributed by atoms with E-state index in [1.165, 1.54) is 11.5 Å². The van der Waals surface area contributed by atoms with Crippen molar-refractivity contribution in [3.8, 4) is 0 Å². The summed E-state index contributed by atoms with van der Waals surface area (Å²) >= 11 is 1.29. The molecule has 2 aromatic rings. The number of benzene rings is 1. The molecule has 0 atom stereocenters. The van der Waals surface area contributed by atoms with Gasteiger partial charge in [-0.25, -0.2) is 4.98 Å². The lowest BCUT2D eigenvalue weighted by molar-refractivity contribution is -0.118. The summed E-state index contributed by atoms with van der Waals surface area (Å²) in [6.07, 6.45) is 3.70. The van der Waals surface area contributed by atoms with E-state index in [0.717, 1.165) is 30.7 Å². The molecule has 1 aromatic heterocycles. The molecule has 0 fully saturated rings.